The maximum atomic E-state index is 14.5. The molecule has 2 amide bonds. The fraction of sp³-hybridized carbons (Fsp3) is 0.389. The van der Waals surface area contributed by atoms with Crippen LogP contribution in [-0.4, -0.2) is 74.3 Å². The molecule has 1 saturated carbocycles. The molecular weight excluding hydrogens is 604 g/mol. The lowest BCUT2D eigenvalue weighted by Gasteiger charge is -2.45. The molecule has 2 aliphatic rings. The standard InChI is InChI=1S/C36H42N2O9/c1-22(16-19-39)32(40)37-17-8-9-18-38-33(41)31-29(23-10-6-5-7-11-23)35(43)30-27(46-4)20-26(45-3)21-28(30)47-36(31,34(35)42)24-12-14-25(44-2)15-13-24/h5-7,10-16,20-21,29,31,34,39,42-43H,8-9,17-19H2,1-4H3,(H,37,40)(H,38,41)/b22-16+/t29-,31+,34?,35-,36+/m0/s1. The summed E-state index contributed by atoms with van der Waals surface area (Å²) < 4.78 is 23.4. The predicted octanol–water partition coefficient (Wildman–Crippen LogP) is 2.91. The Morgan fingerprint density at radius 3 is 2.19 bits per heavy atom. The number of carbonyl (C=O) groups is 2. The Labute approximate surface area is 274 Å². The van der Waals surface area contributed by atoms with E-state index in [9.17, 15) is 19.8 Å². The van der Waals surface area contributed by atoms with E-state index in [-0.39, 0.29) is 36.1 Å². The summed E-state index contributed by atoms with van der Waals surface area (Å²) in [7, 11) is 4.50. The average molecular weight is 647 g/mol. The van der Waals surface area contributed by atoms with Gasteiger partial charge in [-0.05, 0) is 43.0 Å². The predicted molar refractivity (Wildman–Crippen MR) is 174 cm³/mol. The molecule has 1 aliphatic heterocycles. The number of nitrogens with one attached hydrogen (secondary N) is 2. The van der Waals surface area contributed by atoms with Gasteiger partial charge in [-0.25, -0.2) is 0 Å². The van der Waals surface area contributed by atoms with E-state index in [1.807, 2.05) is 30.3 Å². The van der Waals surface area contributed by atoms with Crippen LogP contribution >= 0.6 is 0 Å². The topological polar surface area (TPSA) is 156 Å². The summed E-state index contributed by atoms with van der Waals surface area (Å²) in [6, 6.07) is 19.3. The number of hydrogen-bond acceptors (Lipinski definition) is 9. The largest absolute Gasteiger partial charge is 0.497 e. The number of benzene rings is 3. The number of fused-ring (bicyclic) bond motifs is 4. The average Bonchev–Trinajstić information content (AvgIpc) is 3.22. The summed E-state index contributed by atoms with van der Waals surface area (Å²) in [4.78, 5) is 26.6. The summed E-state index contributed by atoms with van der Waals surface area (Å²) in [6.07, 6.45) is 0.959. The Kier molecular flexibility index (Phi) is 10.1. The van der Waals surface area contributed by atoms with Gasteiger partial charge in [0.2, 0.25) is 11.8 Å². The highest BCUT2D eigenvalue weighted by molar-refractivity contribution is 5.92. The molecule has 0 radical (unpaired) electrons. The van der Waals surface area contributed by atoms with Crippen molar-refractivity contribution in [2.45, 2.75) is 43.0 Å². The molecule has 0 saturated heterocycles. The van der Waals surface area contributed by atoms with E-state index in [1.165, 1.54) is 20.3 Å². The van der Waals surface area contributed by atoms with Gasteiger partial charge in [0.1, 0.15) is 34.7 Å². The van der Waals surface area contributed by atoms with Gasteiger partial charge in [-0.3, -0.25) is 9.59 Å². The molecule has 11 heteroatoms. The molecule has 47 heavy (non-hydrogen) atoms. The lowest BCUT2D eigenvalue weighted by molar-refractivity contribution is -0.159. The van der Waals surface area contributed by atoms with Crippen molar-refractivity contribution in [3.63, 3.8) is 0 Å². The van der Waals surface area contributed by atoms with E-state index in [1.54, 1.807) is 50.4 Å². The van der Waals surface area contributed by atoms with Crippen LogP contribution in [0, 0.1) is 5.92 Å². The number of hydrogen-bond donors (Lipinski definition) is 5. The van der Waals surface area contributed by atoms with Crippen LogP contribution in [-0.2, 0) is 20.8 Å². The highest BCUT2D eigenvalue weighted by atomic mass is 16.5. The van der Waals surface area contributed by atoms with E-state index in [2.05, 4.69) is 10.6 Å². The molecular formula is C36H42N2O9. The first-order valence-corrected chi connectivity index (χ1v) is 15.6. The minimum atomic E-state index is -2.03. The molecule has 3 aromatic rings. The highest BCUT2D eigenvalue weighted by Crippen LogP contribution is 2.68. The number of ether oxygens (including phenoxy) is 4. The maximum absolute atomic E-state index is 14.5. The molecule has 5 atom stereocenters. The van der Waals surface area contributed by atoms with E-state index >= 15 is 0 Å². The summed E-state index contributed by atoms with van der Waals surface area (Å²) in [5.41, 5.74) is -2.00. The molecule has 1 heterocycles. The number of aliphatic hydroxyl groups is 3. The summed E-state index contributed by atoms with van der Waals surface area (Å²) >= 11 is 0. The van der Waals surface area contributed by atoms with Crippen molar-refractivity contribution in [2.24, 2.45) is 5.92 Å². The Balaban J connectivity index is 1.56. The van der Waals surface area contributed by atoms with E-state index in [4.69, 9.17) is 24.1 Å². The number of unbranched alkanes of at least 4 members (excludes halogenated alkanes) is 1. The van der Waals surface area contributed by atoms with Crippen LogP contribution < -0.4 is 29.6 Å². The summed E-state index contributed by atoms with van der Waals surface area (Å²) in [5, 5.41) is 40.2. The van der Waals surface area contributed by atoms with E-state index in [0.29, 0.717) is 47.6 Å². The minimum absolute atomic E-state index is 0.215. The van der Waals surface area contributed by atoms with Crippen molar-refractivity contribution in [1.82, 2.24) is 10.6 Å². The van der Waals surface area contributed by atoms with Crippen LogP contribution in [0.25, 0.3) is 0 Å². The molecule has 250 valence electrons. The maximum Gasteiger partial charge on any atom is 0.246 e. The monoisotopic (exact) mass is 646 g/mol. The third-order valence-corrected chi connectivity index (χ3v) is 9.19. The van der Waals surface area contributed by atoms with Gasteiger partial charge < -0.3 is 44.9 Å². The van der Waals surface area contributed by atoms with Crippen LogP contribution in [0.3, 0.4) is 0 Å². The van der Waals surface area contributed by atoms with Crippen molar-refractivity contribution in [2.75, 3.05) is 41.0 Å². The van der Waals surface area contributed by atoms with Gasteiger partial charge >= 0.3 is 0 Å². The van der Waals surface area contributed by atoms with Gasteiger partial charge in [-0.1, -0.05) is 48.5 Å². The molecule has 2 bridgehead atoms. The van der Waals surface area contributed by atoms with E-state index in [0.717, 1.165) is 0 Å². The zero-order chi connectivity index (χ0) is 33.8. The molecule has 1 unspecified atom stereocenters. The lowest BCUT2D eigenvalue weighted by atomic mass is 9.75. The van der Waals surface area contributed by atoms with Gasteiger partial charge in [0, 0.05) is 36.7 Å². The van der Waals surface area contributed by atoms with Crippen molar-refractivity contribution in [3.8, 4) is 23.0 Å². The molecule has 1 fully saturated rings. The van der Waals surface area contributed by atoms with Crippen LogP contribution in [0.1, 0.15) is 42.4 Å². The SMILES string of the molecule is COc1ccc([C@]23Oc4cc(OC)cc(OC)c4[C@](O)(C2O)[C@@H](c2ccccc2)[C@@H]3C(=O)NCCCCNC(=O)/C(C)=C/CO)cc1. The molecule has 0 spiro atoms. The van der Waals surface area contributed by atoms with Crippen LogP contribution in [0.15, 0.2) is 78.4 Å². The molecule has 11 nitrogen and oxygen atoms in total. The summed E-state index contributed by atoms with van der Waals surface area (Å²) in [5.74, 6) is -1.32. The first-order chi connectivity index (χ1) is 22.7. The zero-order valence-corrected chi connectivity index (χ0v) is 27.0. The van der Waals surface area contributed by atoms with Gasteiger partial charge in [0.05, 0.1) is 39.4 Å². The molecule has 1 aliphatic carbocycles. The number of carbonyl (C=O) groups excluding carboxylic acids is 2. The number of amides is 2. The zero-order valence-electron chi connectivity index (χ0n) is 27.0. The van der Waals surface area contributed by atoms with Crippen LogP contribution in [0.5, 0.6) is 23.0 Å². The highest BCUT2D eigenvalue weighted by Gasteiger charge is 2.76. The van der Waals surface area contributed by atoms with Crippen molar-refractivity contribution in [3.05, 3.63) is 95.1 Å². The van der Waals surface area contributed by atoms with Crippen molar-refractivity contribution >= 4 is 11.8 Å². The Hall–Kier alpha value is -4.58. The van der Waals surface area contributed by atoms with Gasteiger partial charge in [-0.2, -0.15) is 0 Å². The quantitative estimate of drug-likeness (QED) is 0.139. The normalized spacial score (nSPS) is 24.5. The van der Waals surface area contributed by atoms with Gasteiger partial charge in [-0.15, -0.1) is 0 Å². The second-order valence-electron chi connectivity index (χ2n) is 11.7. The minimum Gasteiger partial charge on any atom is -0.497 e. The second-order valence-corrected chi connectivity index (χ2v) is 11.7. The Bertz CT molecular complexity index is 1610. The molecule has 5 rings (SSSR count). The van der Waals surface area contributed by atoms with Crippen molar-refractivity contribution in [1.29, 1.82) is 0 Å². The molecule has 0 aromatic heterocycles. The van der Waals surface area contributed by atoms with Crippen molar-refractivity contribution < 1.29 is 43.9 Å². The third-order valence-electron chi connectivity index (χ3n) is 9.19. The van der Waals surface area contributed by atoms with Crippen LogP contribution in [0.2, 0.25) is 0 Å². The smallest absolute Gasteiger partial charge is 0.246 e. The molecule has 5 N–H and O–H groups in total. The summed E-state index contributed by atoms with van der Waals surface area (Å²) in [6.45, 7) is 2.07. The first kappa shape index (κ1) is 33.8. The van der Waals surface area contributed by atoms with Crippen LogP contribution in [0.4, 0.5) is 0 Å². The number of rotatable bonds is 13. The fourth-order valence-electron chi connectivity index (χ4n) is 6.93. The first-order valence-electron chi connectivity index (χ1n) is 15.6. The van der Waals surface area contributed by atoms with Gasteiger partial charge in [0.15, 0.2) is 5.60 Å². The van der Waals surface area contributed by atoms with Gasteiger partial charge in [0.25, 0.3) is 0 Å². The van der Waals surface area contributed by atoms with E-state index < -0.39 is 35.0 Å². The second kappa shape index (κ2) is 14.0. The number of aliphatic hydroxyl groups excluding tert-OH is 2. The number of methoxy groups -OCH3 is 3. The Morgan fingerprint density at radius 1 is 0.915 bits per heavy atom. The molecule has 3 aromatic carbocycles. The third kappa shape index (κ3) is 5.90. The Morgan fingerprint density at radius 2 is 1.57 bits per heavy atom. The fourth-order valence-corrected chi connectivity index (χ4v) is 6.93. The lowest BCUT2D eigenvalue weighted by Crippen LogP contribution is -2.56.